The Morgan fingerprint density at radius 1 is 1.37 bits per heavy atom. The topological polar surface area (TPSA) is 78.9 Å². The predicted octanol–water partition coefficient (Wildman–Crippen LogP) is 0.741. The summed E-state index contributed by atoms with van der Waals surface area (Å²) in [6, 6.07) is 8.12. The van der Waals surface area contributed by atoms with E-state index in [1.807, 2.05) is 22.9 Å². The Morgan fingerprint density at radius 3 is 3.16 bits per heavy atom. The fourth-order valence-electron chi connectivity index (χ4n) is 2.40. The quantitative estimate of drug-likeness (QED) is 0.876. The van der Waals surface area contributed by atoms with Gasteiger partial charge in [-0.05, 0) is 41.4 Å². The molecule has 0 bridgehead atoms. The van der Waals surface area contributed by atoms with Gasteiger partial charge in [0, 0.05) is 6.54 Å². The molecule has 1 aromatic carbocycles. The van der Waals surface area contributed by atoms with Gasteiger partial charge in [0.05, 0.1) is 12.5 Å². The van der Waals surface area contributed by atoms with E-state index in [0.717, 1.165) is 31.0 Å². The molecule has 1 unspecified atom stereocenters. The summed E-state index contributed by atoms with van der Waals surface area (Å²) in [7, 11) is 0. The average molecular weight is 259 g/mol. The molecule has 19 heavy (non-hydrogen) atoms. The SMILES string of the molecule is NCCCn1nnnc1C1COc2ccccc2C1. The minimum Gasteiger partial charge on any atom is -0.493 e. The Kier molecular flexibility index (Phi) is 3.41. The van der Waals surface area contributed by atoms with Gasteiger partial charge in [-0.2, -0.15) is 0 Å². The number of ether oxygens (including phenoxy) is 1. The summed E-state index contributed by atoms with van der Waals surface area (Å²) in [6.45, 7) is 2.03. The van der Waals surface area contributed by atoms with Crippen LogP contribution in [0.15, 0.2) is 24.3 Å². The van der Waals surface area contributed by atoms with Crippen molar-refractivity contribution >= 4 is 0 Å². The van der Waals surface area contributed by atoms with E-state index in [1.54, 1.807) is 0 Å². The summed E-state index contributed by atoms with van der Waals surface area (Å²) in [6.07, 6.45) is 1.79. The number of nitrogens with two attached hydrogens (primary N) is 1. The molecule has 0 fully saturated rings. The third kappa shape index (κ3) is 2.44. The molecule has 2 N–H and O–H groups in total. The first-order chi connectivity index (χ1) is 9.38. The van der Waals surface area contributed by atoms with Gasteiger partial charge in [-0.15, -0.1) is 5.10 Å². The molecule has 1 atom stereocenters. The van der Waals surface area contributed by atoms with Crippen molar-refractivity contribution in [2.75, 3.05) is 13.2 Å². The highest BCUT2D eigenvalue weighted by atomic mass is 16.5. The van der Waals surface area contributed by atoms with Crippen LogP contribution in [0, 0.1) is 0 Å². The van der Waals surface area contributed by atoms with Gasteiger partial charge in [0.2, 0.25) is 0 Å². The minimum absolute atomic E-state index is 0.211. The van der Waals surface area contributed by atoms with Crippen molar-refractivity contribution in [3.8, 4) is 5.75 Å². The average Bonchev–Trinajstić information content (AvgIpc) is 2.93. The molecule has 1 aromatic heterocycles. The normalized spacial score (nSPS) is 17.8. The van der Waals surface area contributed by atoms with Gasteiger partial charge in [0.1, 0.15) is 5.75 Å². The Morgan fingerprint density at radius 2 is 2.26 bits per heavy atom. The highest BCUT2D eigenvalue weighted by Crippen LogP contribution is 2.30. The van der Waals surface area contributed by atoms with E-state index < -0.39 is 0 Å². The van der Waals surface area contributed by atoms with E-state index in [4.69, 9.17) is 10.5 Å². The zero-order chi connectivity index (χ0) is 13.1. The lowest BCUT2D eigenvalue weighted by atomic mass is 9.96. The highest BCUT2D eigenvalue weighted by Gasteiger charge is 2.25. The van der Waals surface area contributed by atoms with Gasteiger partial charge < -0.3 is 10.5 Å². The number of nitrogens with zero attached hydrogens (tertiary/aromatic N) is 4. The molecule has 0 saturated heterocycles. The zero-order valence-electron chi connectivity index (χ0n) is 10.7. The van der Waals surface area contributed by atoms with E-state index in [0.29, 0.717) is 13.2 Å². The molecular formula is C13H17N5O. The molecule has 2 heterocycles. The third-order valence-corrected chi connectivity index (χ3v) is 3.38. The van der Waals surface area contributed by atoms with Crippen molar-refractivity contribution in [2.24, 2.45) is 5.73 Å². The van der Waals surface area contributed by atoms with Crippen LogP contribution in [0.2, 0.25) is 0 Å². The fraction of sp³-hybridized carbons (Fsp3) is 0.462. The number of aromatic nitrogens is 4. The summed E-state index contributed by atoms with van der Waals surface area (Å²) in [5, 5.41) is 11.9. The van der Waals surface area contributed by atoms with Crippen LogP contribution in [0.3, 0.4) is 0 Å². The van der Waals surface area contributed by atoms with E-state index in [-0.39, 0.29) is 5.92 Å². The van der Waals surface area contributed by atoms with Crippen LogP contribution in [-0.4, -0.2) is 33.4 Å². The number of para-hydroxylation sites is 1. The Bertz CT molecular complexity index is 553. The molecule has 1 aliphatic heterocycles. The van der Waals surface area contributed by atoms with E-state index >= 15 is 0 Å². The summed E-state index contributed by atoms with van der Waals surface area (Å²) in [4.78, 5) is 0. The summed E-state index contributed by atoms with van der Waals surface area (Å²) < 4.78 is 7.63. The molecule has 1 aliphatic rings. The van der Waals surface area contributed by atoms with Gasteiger partial charge >= 0.3 is 0 Å². The molecule has 0 aliphatic carbocycles. The number of fused-ring (bicyclic) bond motifs is 1. The van der Waals surface area contributed by atoms with Crippen molar-refractivity contribution < 1.29 is 4.74 Å². The second-order valence-corrected chi connectivity index (χ2v) is 4.72. The lowest BCUT2D eigenvalue weighted by molar-refractivity contribution is 0.253. The molecule has 2 aromatic rings. The first-order valence-electron chi connectivity index (χ1n) is 6.55. The summed E-state index contributed by atoms with van der Waals surface area (Å²) in [5.74, 6) is 2.07. The molecule has 0 spiro atoms. The predicted molar refractivity (Wildman–Crippen MR) is 69.9 cm³/mol. The Labute approximate surface area is 111 Å². The van der Waals surface area contributed by atoms with Crippen LogP contribution < -0.4 is 10.5 Å². The van der Waals surface area contributed by atoms with Crippen molar-refractivity contribution in [1.82, 2.24) is 20.2 Å². The van der Waals surface area contributed by atoms with Crippen molar-refractivity contribution in [3.63, 3.8) is 0 Å². The second-order valence-electron chi connectivity index (χ2n) is 4.72. The van der Waals surface area contributed by atoms with Crippen molar-refractivity contribution in [2.45, 2.75) is 25.3 Å². The Hall–Kier alpha value is -1.95. The molecule has 6 heteroatoms. The maximum atomic E-state index is 5.79. The number of hydrogen-bond acceptors (Lipinski definition) is 5. The lowest BCUT2D eigenvalue weighted by Gasteiger charge is -2.24. The number of aryl methyl sites for hydroxylation is 1. The van der Waals surface area contributed by atoms with Crippen molar-refractivity contribution in [3.05, 3.63) is 35.7 Å². The molecule has 6 nitrogen and oxygen atoms in total. The van der Waals surface area contributed by atoms with Gasteiger partial charge in [-0.1, -0.05) is 18.2 Å². The first-order valence-corrected chi connectivity index (χ1v) is 6.55. The molecule has 0 amide bonds. The van der Waals surface area contributed by atoms with Crippen LogP contribution in [0.1, 0.15) is 23.7 Å². The molecule has 100 valence electrons. The van der Waals surface area contributed by atoms with Crippen LogP contribution in [0.25, 0.3) is 0 Å². The molecule has 0 saturated carbocycles. The molecular weight excluding hydrogens is 242 g/mol. The van der Waals surface area contributed by atoms with E-state index in [2.05, 4.69) is 21.6 Å². The molecule has 3 rings (SSSR count). The zero-order valence-corrected chi connectivity index (χ0v) is 10.7. The van der Waals surface area contributed by atoms with Crippen LogP contribution in [0.4, 0.5) is 0 Å². The standard InChI is InChI=1S/C13H17N5O/c14-6-3-7-18-13(15-16-17-18)11-8-10-4-1-2-5-12(10)19-9-11/h1-2,4-5,11H,3,6-9,14H2. The third-order valence-electron chi connectivity index (χ3n) is 3.38. The maximum Gasteiger partial charge on any atom is 0.158 e. The number of hydrogen-bond donors (Lipinski definition) is 1. The fourth-order valence-corrected chi connectivity index (χ4v) is 2.40. The van der Waals surface area contributed by atoms with Crippen LogP contribution >= 0.6 is 0 Å². The lowest BCUT2D eigenvalue weighted by Crippen LogP contribution is -2.23. The number of benzene rings is 1. The summed E-state index contributed by atoms with van der Waals surface area (Å²) in [5.41, 5.74) is 6.75. The summed E-state index contributed by atoms with van der Waals surface area (Å²) >= 11 is 0. The smallest absolute Gasteiger partial charge is 0.158 e. The first kappa shape index (κ1) is 12.1. The number of tetrazole rings is 1. The maximum absolute atomic E-state index is 5.79. The monoisotopic (exact) mass is 259 g/mol. The van der Waals surface area contributed by atoms with Gasteiger partial charge in [-0.3, -0.25) is 0 Å². The molecule has 0 radical (unpaired) electrons. The van der Waals surface area contributed by atoms with Crippen LogP contribution in [0.5, 0.6) is 5.75 Å². The van der Waals surface area contributed by atoms with E-state index in [9.17, 15) is 0 Å². The van der Waals surface area contributed by atoms with Gasteiger partial charge in [0.25, 0.3) is 0 Å². The van der Waals surface area contributed by atoms with Gasteiger partial charge in [-0.25, -0.2) is 4.68 Å². The largest absolute Gasteiger partial charge is 0.493 e. The second kappa shape index (κ2) is 5.36. The Balaban J connectivity index is 1.79. The van der Waals surface area contributed by atoms with Crippen LogP contribution in [-0.2, 0) is 13.0 Å². The van der Waals surface area contributed by atoms with E-state index in [1.165, 1.54) is 5.56 Å². The van der Waals surface area contributed by atoms with Crippen molar-refractivity contribution in [1.29, 1.82) is 0 Å². The minimum atomic E-state index is 0.211. The number of rotatable bonds is 4. The highest BCUT2D eigenvalue weighted by molar-refractivity contribution is 5.36. The van der Waals surface area contributed by atoms with Gasteiger partial charge in [0.15, 0.2) is 5.82 Å².